The van der Waals surface area contributed by atoms with Crippen molar-refractivity contribution in [2.75, 3.05) is 0 Å². The molecule has 0 radical (unpaired) electrons. The standard InChI is InChI=1S/C17H21N3O/c1-11(16(18)17(2,3)4)10-19-13-6-7-14-12(9-13)5-8-15(21)20-14/h5-10,18-19H,1-4H3,(H,20,21)/p+1/b11-10-,18-16?. The fourth-order valence-corrected chi connectivity index (χ4v) is 2.17. The van der Waals surface area contributed by atoms with Gasteiger partial charge in [0, 0.05) is 45.8 Å². The van der Waals surface area contributed by atoms with Crippen LogP contribution < -0.4 is 10.9 Å². The summed E-state index contributed by atoms with van der Waals surface area (Å²) in [5.41, 5.74) is 3.26. The van der Waals surface area contributed by atoms with E-state index in [2.05, 4.69) is 4.98 Å². The molecule has 0 atom stereocenters. The molecule has 1 aromatic heterocycles. The molecule has 0 fully saturated rings. The maximum Gasteiger partial charge on any atom is 0.248 e. The van der Waals surface area contributed by atoms with Crippen LogP contribution in [0.25, 0.3) is 10.9 Å². The topological polar surface area (TPSA) is 73.3 Å². The summed E-state index contributed by atoms with van der Waals surface area (Å²) in [6.45, 7) is 8.08. The number of aromatic nitrogens is 1. The maximum absolute atomic E-state index is 11.3. The van der Waals surface area contributed by atoms with Crippen LogP contribution in [0.5, 0.6) is 0 Å². The second-order valence-corrected chi connectivity index (χ2v) is 6.31. The van der Waals surface area contributed by atoms with Crippen LogP contribution in [-0.2, 0) is 0 Å². The summed E-state index contributed by atoms with van der Waals surface area (Å²) in [4.78, 5) is 14.1. The Hall–Kier alpha value is -2.20. The van der Waals surface area contributed by atoms with E-state index in [9.17, 15) is 4.79 Å². The molecular formula is C17H22N3O+. The first-order chi connectivity index (χ1) is 9.77. The van der Waals surface area contributed by atoms with Crippen LogP contribution in [0, 0.1) is 10.8 Å². The average Bonchev–Trinajstić information content (AvgIpc) is 2.42. The van der Waals surface area contributed by atoms with Gasteiger partial charge in [-0.05, 0) is 19.1 Å². The number of fused-ring (bicyclic) bond motifs is 1. The molecule has 0 aliphatic rings. The van der Waals surface area contributed by atoms with Crippen LogP contribution in [0.15, 0.2) is 46.9 Å². The van der Waals surface area contributed by atoms with Gasteiger partial charge in [-0.25, -0.2) is 0 Å². The van der Waals surface area contributed by atoms with Gasteiger partial charge in [0.1, 0.15) is 11.9 Å². The quantitative estimate of drug-likeness (QED) is 0.588. The summed E-state index contributed by atoms with van der Waals surface area (Å²) in [5, 5.41) is 11.1. The van der Waals surface area contributed by atoms with Gasteiger partial charge < -0.3 is 10.4 Å². The number of rotatable bonds is 3. The third-order valence-electron chi connectivity index (χ3n) is 3.42. The fraction of sp³-hybridized carbons (Fsp3) is 0.294. The van der Waals surface area contributed by atoms with Gasteiger partial charge in [-0.2, -0.15) is 0 Å². The van der Waals surface area contributed by atoms with Gasteiger partial charge in [0.2, 0.25) is 5.56 Å². The van der Waals surface area contributed by atoms with E-state index in [0.29, 0.717) is 5.71 Å². The molecular weight excluding hydrogens is 262 g/mol. The van der Waals surface area contributed by atoms with Crippen molar-refractivity contribution in [2.24, 2.45) is 5.41 Å². The zero-order valence-electron chi connectivity index (χ0n) is 12.9. The van der Waals surface area contributed by atoms with Gasteiger partial charge in [-0.1, -0.05) is 20.8 Å². The normalized spacial score (nSPS) is 12.7. The number of allylic oxidation sites excluding steroid dienone is 1. The molecule has 4 heteroatoms. The highest BCUT2D eigenvalue weighted by Crippen LogP contribution is 2.19. The van der Waals surface area contributed by atoms with Crippen LogP contribution in [-0.4, -0.2) is 10.7 Å². The molecule has 110 valence electrons. The third kappa shape index (κ3) is 3.67. The second kappa shape index (κ2) is 5.66. The van der Waals surface area contributed by atoms with Crippen molar-refractivity contribution in [1.29, 1.82) is 5.41 Å². The number of nitrogens with two attached hydrogens (primary N) is 1. The van der Waals surface area contributed by atoms with Crippen molar-refractivity contribution < 1.29 is 5.32 Å². The van der Waals surface area contributed by atoms with Gasteiger partial charge in [-0.15, -0.1) is 0 Å². The summed E-state index contributed by atoms with van der Waals surface area (Å²) in [6.07, 6.45) is 1.97. The van der Waals surface area contributed by atoms with E-state index in [1.54, 1.807) is 0 Å². The Kier molecular flexibility index (Phi) is 4.09. The fourth-order valence-electron chi connectivity index (χ4n) is 2.17. The molecule has 0 saturated carbocycles. The number of hydrogen-bond acceptors (Lipinski definition) is 2. The van der Waals surface area contributed by atoms with Crippen LogP contribution >= 0.6 is 0 Å². The van der Waals surface area contributed by atoms with Crippen molar-refractivity contribution in [3.63, 3.8) is 0 Å². The smallest absolute Gasteiger partial charge is 0.248 e. The molecule has 2 rings (SSSR count). The molecule has 0 aliphatic heterocycles. The largest absolute Gasteiger partial charge is 0.322 e. The first-order valence-electron chi connectivity index (χ1n) is 7.01. The zero-order valence-corrected chi connectivity index (χ0v) is 12.9. The number of hydrogen-bond donors (Lipinski definition) is 3. The molecule has 4 N–H and O–H groups in total. The van der Waals surface area contributed by atoms with Crippen molar-refractivity contribution >= 4 is 22.3 Å². The molecule has 0 aliphatic carbocycles. The Morgan fingerprint density at radius 2 is 1.95 bits per heavy atom. The summed E-state index contributed by atoms with van der Waals surface area (Å²) in [6, 6.07) is 9.24. The van der Waals surface area contributed by atoms with Gasteiger partial charge in [0.15, 0.2) is 0 Å². The van der Waals surface area contributed by atoms with E-state index in [-0.39, 0.29) is 11.0 Å². The van der Waals surface area contributed by atoms with E-state index in [1.165, 1.54) is 6.07 Å². The lowest BCUT2D eigenvalue weighted by atomic mass is 9.86. The first kappa shape index (κ1) is 15.2. The molecule has 1 heterocycles. The highest BCUT2D eigenvalue weighted by atomic mass is 16.1. The van der Waals surface area contributed by atoms with Crippen molar-refractivity contribution in [3.05, 3.63) is 52.5 Å². The molecule has 0 spiro atoms. The van der Waals surface area contributed by atoms with Crippen LogP contribution in [0.1, 0.15) is 27.7 Å². The molecule has 1 aromatic carbocycles. The third-order valence-corrected chi connectivity index (χ3v) is 3.42. The minimum absolute atomic E-state index is 0.0893. The van der Waals surface area contributed by atoms with E-state index >= 15 is 0 Å². The van der Waals surface area contributed by atoms with Gasteiger partial charge >= 0.3 is 0 Å². The number of nitrogens with one attached hydrogen (secondary N) is 2. The minimum Gasteiger partial charge on any atom is -0.322 e. The predicted octanol–water partition coefficient (Wildman–Crippen LogP) is 2.69. The van der Waals surface area contributed by atoms with Crippen LogP contribution in [0.3, 0.4) is 0 Å². The van der Waals surface area contributed by atoms with Gasteiger partial charge in [0.25, 0.3) is 0 Å². The summed E-state index contributed by atoms with van der Waals surface area (Å²) >= 11 is 0. The number of quaternary nitrogens is 1. The highest BCUT2D eigenvalue weighted by molar-refractivity contribution is 6.00. The van der Waals surface area contributed by atoms with E-state index in [0.717, 1.165) is 22.2 Å². The lowest BCUT2D eigenvalue weighted by Gasteiger charge is -2.19. The lowest BCUT2D eigenvalue weighted by molar-refractivity contribution is -0.496. The summed E-state index contributed by atoms with van der Waals surface area (Å²) in [5.74, 6) is 0. The second-order valence-electron chi connectivity index (χ2n) is 6.31. The van der Waals surface area contributed by atoms with E-state index in [4.69, 9.17) is 5.41 Å². The maximum atomic E-state index is 11.3. The Bertz CT molecular complexity index is 763. The molecule has 4 nitrogen and oxygen atoms in total. The molecule has 21 heavy (non-hydrogen) atoms. The van der Waals surface area contributed by atoms with Gasteiger partial charge in [0.05, 0.1) is 0 Å². The Labute approximate surface area is 124 Å². The number of benzene rings is 1. The number of pyridine rings is 1. The molecule has 0 unspecified atom stereocenters. The molecule has 0 saturated heterocycles. The Morgan fingerprint density at radius 3 is 2.62 bits per heavy atom. The molecule has 0 bridgehead atoms. The highest BCUT2D eigenvalue weighted by Gasteiger charge is 2.19. The molecule has 0 amide bonds. The average molecular weight is 284 g/mol. The first-order valence-corrected chi connectivity index (χ1v) is 7.01. The van der Waals surface area contributed by atoms with E-state index in [1.807, 2.05) is 63.5 Å². The Balaban J connectivity index is 2.22. The van der Waals surface area contributed by atoms with Crippen molar-refractivity contribution in [1.82, 2.24) is 4.98 Å². The van der Waals surface area contributed by atoms with Gasteiger partial charge in [-0.3, -0.25) is 10.1 Å². The van der Waals surface area contributed by atoms with Crippen molar-refractivity contribution in [3.8, 4) is 0 Å². The SMILES string of the molecule is C/C(=C/[NH2+]c1ccc2[nH]c(=O)ccc2c1)C(=N)C(C)(C)C. The number of aromatic amines is 1. The summed E-state index contributed by atoms with van der Waals surface area (Å²) < 4.78 is 0. The minimum atomic E-state index is -0.142. The monoisotopic (exact) mass is 284 g/mol. The summed E-state index contributed by atoms with van der Waals surface area (Å²) in [7, 11) is 0. The lowest BCUT2D eigenvalue weighted by Crippen LogP contribution is -2.71. The molecule has 2 aromatic rings. The zero-order chi connectivity index (χ0) is 15.6. The van der Waals surface area contributed by atoms with Crippen LogP contribution in [0.4, 0.5) is 5.69 Å². The van der Waals surface area contributed by atoms with Crippen LogP contribution in [0.2, 0.25) is 0 Å². The number of H-pyrrole nitrogens is 1. The Morgan fingerprint density at radius 1 is 1.24 bits per heavy atom. The van der Waals surface area contributed by atoms with E-state index < -0.39 is 0 Å². The van der Waals surface area contributed by atoms with Crippen molar-refractivity contribution in [2.45, 2.75) is 27.7 Å². The predicted molar refractivity (Wildman–Crippen MR) is 87.1 cm³/mol.